The molecule has 3 rings (SSSR count). The molecule has 0 aliphatic rings. The summed E-state index contributed by atoms with van der Waals surface area (Å²) in [6, 6.07) is 9.92. The highest BCUT2D eigenvalue weighted by Crippen LogP contribution is 2.14. The van der Waals surface area contributed by atoms with E-state index in [1.54, 1.807) is 31.3 Å². The molecule has 0 aliphatic carbocycles. The fraction of sp³-hybridized carbons (Fsp3) is 0.167. The number of aromatic nitrogens is 2. The van der Waals surface area contributed by atoms with Gasteiger partial charge in [0.1, 0.15) is 18.2 Å². The molecule has 3 N–H and O–H groups in total. The first-order chi connectivity index (χ1) is 12.4. The minimum atomic E-state index is -0.837. The molecule has 1 amide bonds. The summed E-state index contributed by atoms with van der Waals surface area (Å²) in [5, 5.41) is 2.90. The number of rotatable bonds is 5. The van der Waals surface area contributed by atoms with E-state index in [1.165, 1.54) is 6.07 Å². The number of amides is 1. The molecule has 26 heavy (non-hydrogen) atoms. The summed E-state index contributed by atoms with van der Waals surface area (Å²) in [7, 11) is 1.75. The molecule has 1 atom stereocenters. The molecule has 1 unspecified atom stereocenters. The number of aromatic amines is 1. The number of halogens is 2. The van der Waals surface area contributed by atoms with Crippen LogP contribution in [0.3, 0.4) is 0 Å². The number of anilines is 1. The minimum absolute atomic E-state index is 0.0212. The van der Waals surface area contributed by atoms with Gasteiger partial charge in [0.25, 0.3) is 11.5 Å². The van der Waals surface area contributed by atoms with Gasteiger partial charge in [-0.15, -0.1) is 0 Å². The lowest BCUT2D eigenvalue weighted by Crippen LogP contribution is -3.08. The number of benzene rings is 2. The van der Waals surface area contributed by atoms with Gasteiger partial charge in [0.2, 0.25) is 0 Å². The molecule has 134 valence electrons. The van der Waals surface area contributed by atoms with Crippen LogP contribution in [0.2, 0.25) is 0 Å². The van der Waals surface area contributed by atoms with Gasteiger partial charge in [-0.1, -0.05) is 12.1 Å². The Morgan fingerprint density at radius 1 is 1.23 bits per heavy atom. The fourth-order valence-electron chi connectivity index (χ4n) is 2.63. The number of para-hydroxylation sites is 1. The topological polar surface area (TPSA) is 79.3 Å². The standard InChI is InChI=1S/C18H16F2N4O2/c1-24(10-17(25)22-15-7-6-11(19)8-13(15)20)9-16-21-14-5-3-2-4-12(14)18(26)23-16/h2-8H,9-10H2,1H3,(H,22,25)(H,21,23,26)/p+1. The van der Waals surface area contributed by atoms with Crippen molar-refractivity contribution in [3.63, 3.8) is 0 Å². The maximum absolute atomic E-state index is 13.6. The van der Waals surface area contributed by atoms with E-state index in [1.807, 2.05) is 0 Å². The van der Waals surface area contributed by atoms with Gasteiger partial charge >= 0.3 is 0 Å². The highest BCUT2D eigenvalue weighted by Gasteiger charge is 2.15. The summed E-state index contributed by atoms with van der Waals surface area (Å²) in [6.07, 6.45) is 0. The van der Waals surface area contributed by atoms with Gasteiger partial charge in [-0.25, -0.2) is 13.8 Å². The normalized spacial score (nSPS) is 12.1. The SMILES string of the molecule is C[NH+](CC(=O)Nc1ccc(F)cc1F)Cc1nc2ccccc2c(=O)[nH]1. The predicted molar refractivity (Wildman–Crippen MR) is 92.8 cm³/mol. The molecule has 0 bridgehead atoms. The van der Waals surface area contributed by atoms with E-state index in [-0.39, 0.29) is 17.8 Å². The lowest BCUT2D eigenvalue weighted by Gasteiger charge is -2.14. The summed E-state index contributed by atoms with van der Waals surface area (Å²) in [6.45, 7) is 0.326. The van der Waals surface area contributed by atoms with Crippen LogP contribution in [0.1, 0.15) is 5.82 Å². The largest absolute Gasteiger partial charge is 0.323 e. The van der Waals surface area contributed by atoms with Gasteiger partial charge in [-0.05, 0) is 24.3 Å². The average molecular weight is 359 g/mol. The van der Waals surface area contributed by atoms with Crippen LogP contribution in [-0.4, -0.2) is 29.5 Å². The van der Waals surface area contributed by atoms with Crippen molar-refractivity contribution in [2.24, 2.45) is 0 Å². The molecule has 0 saturated heterocycles. The average Bonchev–Trinajstić information content (AvgIpc) is 2.57. The van der Waals surface area contributed by atoms with Crippen molar-refractivity contribution < 1.29 is 18.5 Å². The van der Waals surface area contributed by atoms with Crippen molar-refractivity contribution >= 4 is 22.5 Å². The summed E-state index contributed by atoms with van der Waals surface area (Å²) in [5.41, 5.74) is 0.259. The Morgan fingerprint density at radius 3 is 2.77 bits per heavy atom. The third-order valence-electron chi connectivity index (χ3n) is 3.80. The lowest BCUT2D eigenvalue weighted by molar-refractivity contribution is -0.885. The Morgan fingerprint density at radius 2 is 2.00 bits per heavy atom. The molecule has 0 saturated carbocycles. The molecule has 1 aromatic heterocycles. The molecule has 0 fully saturated rings. The van der Waals surface area contributed by atoms with Crippen LogP contribution in [0.5, 0.6) is 0 Å². The second kappa shape index (κ2) is 7.40. The molecule has 3 aromatic rings. The summed E-state index contributed by atoms with van der Waals surface area (Å²) in [5.74, 6) is -1.53. The van der Waals surface area contributed by atoms with Gasteiger partial charge in [-0.2, -0.15) is 0 Å². The molecular weight excluding hydrogens is 342 g/mol. The van der Waals surface area contributed by atoms with E-state index in [2.05, 4.69) is 15.3 Å². The summed E-state index contributed by atoms with van der Waals surface area (Å²) in [4.78, 5) is 31.9. The number of hydrogen-bond acceptors (Lipinski definition) is 3. The second-order valence-corrected chi connectivity index (χ2v) is 6.01. The Bertz CT molecular complexity index is 1020. The van der Waals surface area contributed by atoms with Crippen molar-refractivity contribution in [2.75, 3.05) is 18.9 Å². The summed E-state index contributed by atoms with van der Waals surface area (Å²) >= 11 is 0. The monoisotopic (exact) mass is 359 g/mol. The fourth-order valence-corrected chi connectivity index (χ4v) is 2.63. The molecule has 6 nitrogen and oxygen atoms in total. The number of carbonyl (C=O) groups is 1. The van der Waals surface area contributed by atoms with E-state index >= 15 is 0 Å². The highest BCUT2D eigenvalue weighted by molar-refractivity contribution is 5.91. The quantitative estimate of drug-likeness (QED) is 0.632. The van der Waals surface area contributed by atoms with E-state index in [4.69, 9.17) is 0 Å². The van der Waals surface area contributed by atoms with Crippen molar-refractivity contribution in [1.29, 1.82) is 0 Å². The maximum atomic E-state index is 13.6. The predicted octanol–water partition coefficient (Wildman–Crippen LogP) is 0.855. The third kappa shape index (κ3) is 4.09. The number of hydrogen-bond donors (Lipinski definition) is 3. The lowest BCUT2D eigenvalue weighted by atomic mass is 10.2. The Balaban J connectivity index is 1.66. The van der Waals surface area contributed by atoms with Crippen LogP contribution in [0.25, 0.3) is 10.9 Å². The highest BCUT2D eigenvalue weighted by atomic mass is 19.1. The zero-order valence-corrected chi connectivity index (χ0v) is 14.0. The van der Waals surface area contributed by atoms with Gasteiger partial charge in [0.05, 0.1) is 23.6 Å². The van der Waals surface area contributed by atoms with Crippen LogP contribution >= 0.6 is 0 Å². The van der Waals surface area contributed by atoms with Crippen LogP contribution in [0.15, 0.2) is 47.3 Å². The second-order valence-electron chi connectivity index (χ2n) is 6.01. The van der Waals surface area contributed by atoms with Gasteiger partial charge < -0.3 is 15.2 Å². The molecular formula is C18H17F2N4O2+. The number of fused-ring (bicyclic) bond motifs is 1. The first kappa shape index (κ1) is 17.7. The van der Waals surface area contributed by atoms with Crippen molar-refractivity contribution in [1.82, 2.24) is 9.97 Å². The van der Waals surface area contributed by atoms with Gasteiger partial charge in [-0.3, -0.25) is 9.59 Å². The third-order valence-corrected chi connectivity index (χ3v) is 3.80. The molecule has 1 heterocycles. The maximum Gasteiger partial charge on any atom is 0.279 e. The number of H-pyrrole nitrogens is 1. The number of carbonyl (C=O) groups excluding carboxylic acids is 1. The van der Waals surface area contributed by atoms with E-state index in [0.29, 0.717) is 29.3 Å². The first-order valence-electron chi connectivity index (χ1n) is 7.96. The van der Waals surface area contributed by atoms with Crippen molar-refractivity contribution in [2.45, 2.75) is 6.54 Å². The molecule has 0 spiro atoms. The number of quaternary nitrogens is 1. The molecule has 0 aliphatic heterocycles. The number of nitrogens with zero attached hydrogens (tertiary/aromatic N) is 1. The van der Waals surface area contributed by atoms with Crippen molar-refractivity contribution in [3.8, 4) is 0 Å². The van der Waals surface area contributed by atoms with E-state index < -0.39 is 17.5 Å². The molecule has 8 heteroatoms. The number of likely N-dealkylation sites (N-methyl/N-ethyl adjacent to an activating group) is 1. The van der Waals surface area contributed by atoms with Crippen LogP contribution < -0.4 is 15.8 Å². The Hall–Kier alpha value is -3.13. The zero-order valence-electron chi connectivity index (χ0n) is 14.0. The number of nitrogens with one attached hydrogen (secondary N) is 3. The Labute approximate surface area is 147 Å². The van der Waals surface area contributed by atoms with Crippen LogP contribution in [-0.2, 0) is 11.3 Å². The van der Waals surface area contributed by atoms with Crippen LogP contribution in [0, 0.1) is 11.6 Å². The Kier molecular flexibility index (Phi) is 5.04. The van der Waals surface area contributed by atoms with E-state index in [9.17, 15) is 18.4 Å². The van der Waals surface area contributed by atoms with Crippen molar-refractivity contribution in [3.05, 3.63) is 70.3 Å². The smallest absolute Gasteiger partial charge is 0.279 e. The first-order valence-corrected chi connectivity index (χ1v) is 7.96. The molecule has 0 radical (unpaired) electrons. The van der Waals surface area contributed by atoms with Crippen LogP contribution in [0.4, 0.5) is 14.5 Å². The van der Waals surface area contributed by atoms with E-state index in [0.717, 1.165) is 11.0 Å². The molecule has 2 aromatic carbocycles. The zero-order chi connectivity index (χ0) is 18.7. The van der Waals surface area contributed by atoms with Gasteiger partial charge in [0.15, 0.2) is 12.4 Å². The summed E-state index contributed by atoms with van der Waals surface area (Å²) < 4.78 is 26.5. The minimum Gasteiger partial charge on any atom is -0.323 e. The van der Waals surface area contributed by atoms with Gasteiger partial charge in [0, 0.05) is 6.07 Å².